The first-order valence-corrected chi connectivity index (χ1v) is 8.42. The Hall–Kier alpha value is -2.81. The summed E-state index contributed by atoms with van der Waals surface area (Å²) in [5, 5.41) is 13.1. The van der Waals surface area contributed by atoms with Gasteiger partial charge < -0.3 is 14.7 Å². The van der Waals surface area contributed by atoms with Crippen LogP contribution in [0.15, 0.2) is 18.2 Å². The van der Waals surface area contributed by atoms with Gasteiger partial charge in [0.1, 0.15) is 11.5 Å². The summed E-state index contributed by atoms with van der Waals surface area (Å²) in [7, 11) is 0. The lowest BCUT2D eigenvalue weighted by Gasteiger charge is -2.32. The summed E-state index contributed by atoms with van der Waals surface area (Å²) >= 11 is 0. The van der Waals surface area contributed by atoms with Crippen LogP contribution in [0.2, 0.25) is 0 Å². The highest BCUT2D eigenvalue weighted by Crippen LogP contribution is 2.23. The minimum Gasteiger partial charge on any atom is -0.481 e. The predicted octanol–water partition coefficient (Wildman–Crippen LogP) is 2.08. The van der Waals surface area contributed by atoms with Gasteiger partial charge in [-0.2, -0.15) is 5.10 Å². The molecule has 7 nitrogen and oxygen atoms in total. The molecule has 1 aliphatic heterocycles. The Morgan fingerprint density at radius 3 is 2.74 bits per heavy atom. The van der Waals surface area contributed by atoms with Gasteiger partial charge in [-0.05, 0) is 26.0 Å². The lowest BCUT2D eigenvalue weighted by molar-refractivity contribution is -0.141. The van der Waals surface area contributed by atoms with Gasteiger partial charge >= 0.3 is 5.97 Å². The topological polar surface area (TPSA) is 84.7 Å². The number of morpholine rings is 1. The number of carbonyl (C=O) groups excluding carboxylic acids is 1. The molecule has 9 heteroatoms. The second-order valence-corrected chi connectivity index (χ2v) is 6.40. The number of carboxylic acid groups (broad SMARTS) is 1. The number of rotatable bonds is 4. The third-order valence-corrected chi connectivity index (χ3v) is 4.47. The van der Waals surface area contributed by atoms with Crippen molar-refractivity contribution in [2.45, 2.75) is 26.4 Å². The van der Waals surface area contributed by atoms with Crippen LogP contribution in [0.25, 0.3) is 5.69 Å². The molecule has 1 atom stereocenters. The molecule has 0 spiro atoms. The van der Waals surface area contributed by atoms with Crippen LogP contribution in [0, 0.1) is 25.5 Å². The van der Waals surface area contributed by atoms with Gasteiger partial charge in [0.15, 0.2) is 5.82 Å². The van der Waals surface area contributed by atoms with Crippen molar-refractivity contribution in [2.75, 3.05) is 19.7 Å². The maximum atomic E-state index is 14.1. The average molecular weight is 379 g/mol. The number of carbonyl (C=O) groups is 2. The van der Waals surface area contributed by atoms with Crippen molar-refractivity contribution >= 4 is 11.9 Å². The van der Waals surface area contributed by atoms with E-state index in [1.165, 1.54) is 15.6 Å². The second-order valence-electron chi connectivity index (χ2n) is 6.40. The third kappa shape index (κ3) is 3.82. The molecule has 144 valence electrons. The van der Waals surface area contributed by atoms with Gasteiger partial charge in [-0.15, -0.1) is 0 Å². The molecule has 0 saturated carbocycles. The zero-order valence-electron chi connectivity index (χ0n) is 14.9. The Morgan fingerprint density at radius 1 is 1.33 bits per heavy atom. The van der Waals surface area contributed by atoms with E-state index in [2.05, 4.69) is 5.10 Å². The molecule has 3 rings (SSSR count). The van der Waals surface area contributed by atoms with Crippen molar-refractivity contribution in [3.63, 3.8) is 0 Å². The zero-order valence-corrected chi connectivity index (χ0v) is 14.9. The predicted molar refractivity (Wildman–Crippen MR) is 90.9 cm³/mol. The highest BCUT2D eigenvalue weighted by molar-refractivity contribution is 5.96. The molecule has 0 aliphatic carbocycles. The molecule has 1 N–H and O–H groups in total. The number of ether oxygens (including phenoxy) is 1. The Morgan fingerprint density at radius 2 is 2.07 bits per heavy atom. The van der Waals surface area contributed by atoms with Gasteiger partial charge in [-0.3, -0.25) is 9.59 Å². The minimum atomic E-state index is -0.999. The van der Waals surface area contributed by atoms with Gasteiger partial charge in [-0.25, -0.2) is 13.5 Å². The Labute approximate surface area is 154 Å². The molecule has 2 heterocycles. The highest BCUT2D eigenvalue weighted by atomic mass is 19.1. The number of aryl methyl sites for hydroxylation is 1. The van der Waals surface area contributed by atoms with Crippen LogP contribution in [0.3, 0.4) is 0 Å². The number of benzene rings is 1. The summed E-state index contributed by atoms with van der Waals surface area (Å²) in [5.74, 6) is -2.81. The average Bonchev–Trinajstić information content (AvgIpc) is 2.88. The number of nitrogens with zero attached hydrogens (tertiary/aromatic N) is 3. The van der Waals surface area contributed by atoms with E-state index in [1.54, 1.807) is 13.8 Å². The van der Waals surface area contributed by atoms with Gasteiger partial charge in [0.25, 0.3) is 5.91 Å². The van der Waals surface area contributed by atoms with E-state index < -0.39 is 23.7 Å². The smallest absolute Gasteiger partial charge is 0.306 e. The number of amides is 1. The van der Waals surface area contributed by atoms with Crippen LogP contribution in [0.4, 0.5) is 8.78 Å². The maximum absolute atomic E-state index is 14.1. The van der Waals surface area contributed by atoms with E-state index in [-0.39, 0.29) is 31.2 Å². The lowest BCUT2D eigenvalue weighted by atomic mass is 10.1. The van der Waals surface area contributed by atoms with Crippen molar-refractivity contribution in [3.8, 4) is 5.69 Å². The fraction of sp³-hybridized carbons (Fsp3) is 0.389. The molecule has 2 aromatic rings. The van der Waals surface area contributed by atoms with Crippen molar-refractivity contribution in [1.82, 2.24) is 14.7 Å². The molecular weight excluding hydrogens is 360 g/mol. The number of halogens is 2. The van der Waals surface area contributed by atoms with Crippen LogP contribution in [-0.4, -0.2) is 57.5 Å². The first-order chi connectivity index (χ1) is 12.8. The number of aliphatic carboxylic acids is 1. The molecule has 1 saturated heterocycles. The molecule has 1 aromatic carbocycles. The fourth-order valence-electron chi connectivity index (χ4n) is 3.22. The van der Waals surface area contributed by atoms with E-state index in [4.69, 9.17) is 9.84 Å². The maximum Gasteiger partial charge on any atom is 0.306 e. The van der Waals surface area contributed by atoms with Gasteiger partial charge in [-0.1, -0.05) is 0 Å². The van der Waals surface area contributed by atoms with E-state index >= 15 is 0 Å². The van der Waals surface area contributed by atoms with Crippen LogP contribution >= 0.6 is 0 Å². The van der Waals surface area contributed by atoms with Crippen LogP contribution < -0.4 is 0 Å². The quantitative estimate of drug-likeness (QED) is 0.879. The molecule has 1 amide bonds. The summed E-state index contributed by atoms with van der Waals surface area (Å²) in [5.41, 5.74) is 1.18. The fourth-order valence-corrected chi connectivity index (χ4v) is 3.22. The van der Waals surface area contributed by atoms with Gasteiger partial charge in [0.05, 0.1) is 36.1 Å². The van der Waals surface area contributed by atoms with E-state index in [0.717, 1.165) is 12.1 Å². The van der Waals surface area contributed by atoms with E-state index in [9.17, 15) is 18.4 Å². The highest BCUT2D eigenvalue weighted by Gasteiger charge is 2.30. The molecule has 1 fully saturated rings. The molecule has 0 bridgehead atoms. The molecule has 1 aliphatic rings. The molecular formula is C18H19F2N3O4. The number of aromatic nitrogens is 2. The van der Waals surface area contributed by atoms with Crippen LogP contribution in [-0.2, 0) is 9.53 Å². The first-order valence-electron chi connectivity index (χ1n) is 8.42. The van der Waals surface area contributed by atoms with Gasteiger partial charge in [0, 0.05) is 19.2 Å². The Balaban J connectivity index is 1.90. The molecule has 0 radical (unpaired) electrons. The zero-order chi connectivity index (χ0) is 19.7. The van der Waals surface area contributed by atoms with Crippen molar-refractivity contribution in [2.24, 2.45) is 0 Å². The largest absolute Gasteiger partial charge is 0.481 e. The normalized spacial score (nSPS) is 17.2. The summed E-state index contributed by atoms with van der Waals surface area (Å²) in [6, 6.07) is 3.14. The Bertz CT molecular complexity index is 897. The second kappa shape index (κ2) is 7.43. The van der Waals surface area contributed by atoms with E-state index in [0.29, 0.717) is 23.5 Å². The van der Waals surface area contributed by atoms with E-state index in [1.807, 2.05) is 0 Å². The number of hydrogen-bond acceptors (Lipinski definition) is 4. The first kappa shape index (κ1) is 19.0. The van der Waals surface area contributed by atoms with Crippen molar-refractivity contribution < 1.29 is 28.2 Å². The number of hydrogen-bond donors (Lipinski definition) is 1. The van der Waals surface area contributed by atoms with Gasteiger partial charge in [0.2, 0.25) is 0 Å². The van der Waals surface area contributed by atoms with Crippen molar-refractivity contribution in [3.05, 3.63) is 46.8 Å². The van der Waals surface area contributed by atoms with Crippen LogP contribution in [0.1, 0.15) is 28.2 Å². The summed E-state index contributed by atoms with van der Waals surface area (Å²) in [6.45, 7) is 3.98. The van der Waals surface area contributed by atoms with Crippen molar-refractivity contribution in [1.29, 1.82) is 0 Å². The third-order valence-electron chi connectivity index (χ3n) is 4.47. The molecule has 27 heavy (non-hydrogen) atoms. The monoisotopic (exact) mass is 379 g/mol. The minimum absolute atomic E-state index is 0.0433. The summed E-state index contributed by atoms with van der Waals surface area (Å²) < 4.78 is 33.9. The standard InChI is InChI=1S/C18H19F2N3O4/c1-10-17(18(26)22-5-6-27-13(9-22)8-16(24)25)11(2)23(21-10)15-4-3-12(19)7-14(15)20/h3-4,7,13H,5-6,8-9H2,1-2H3,(H,24,25). The number of carboxylic acids is 1. The molecule has 1 aromatic heterocycles. The lowest BCUT2D eigenvalue weighted by Crippen LogP contribution is -2.46. The SMILES string of the molecule is Cc1nn(-c2ccc(F)cc2F)c(C)c1C(=O)N1CCOC(CC(=O)O)C1. The molecule has 1 unspecified atom stereocenters. The Kier molecular flexibility index (Phi) is 5.22. The summed E-state index contributed by atoms with van der Waals surface area (Å²) in [6.07, 6.45) is -0.771. The summed E-state index contributed by atoms with van der Waals surface area (Å²) in [4.78, 5) is 25.4. The van der Waals surface area contributed by atoms with Crippen LogP contribution in [0.5, 0.6) is 0 Å².